The lowest BCUT2D eigenvalue weighted by atomic mass is 9.81. The normalized spacial score (nSPS) is 20.1. The summed E-state index contributed by atoms with van der Waals surface area (Å²) < 4.78 is 34.5. The van der Waals surface area contributed by atoms with E-state index in [-0.39, 0.29) is 24.8 Å². The molecule has 1 N–H and O–H groups in total. The minimum atomic E-state index is -2.62. The third kappa shape index (κ3) is 4.91. The van der Waals surface area contributed by atoms with Crippen molar-refractivity contribution in [3.63, 3.8) is 0 Å². The highest BCUT2D eigenvalue weighted by molar-refractivity contribution is 5.60. The van der Waals surface area contributed by atoms with Crippen LogP contribution in [0.15, 0.2) is 17.4 Å². The summed E-state index contributed by atoms with van der Waals surface area (Å²) in [4.78, 5) is 14.2. The molecule has 1 atom stereocenters. The number of anilines is 1. The van der Waals surface area contributed by atoms with Crippen molar-refractivity contribution < 1.29 is 13.4 Å². The lowest BCUT2D eigenvalue weighted by molar-refractivity contribution is -0.0493. The Morgan fingerprint density at radius 3 is 2.61 bits per heavy atom. The molecule has 1 aliphatic heterocycles. The first kappa shape index (κ1) is 24.5. The number of hydrogen-bond donors (Lipinski definition) is 1. The summed E-state index contributed by atoms with van der Waals surface area (Å²) in [5.74, 6) is -1.37. The van der Waals surface area contributed by atoms with Crippen LogP contribution in [0.25, 0.3) is 11.5 Å². The van der Waals surface area contributed by atoms with Crippen molar-refractivity contribution in [3.8, 4) is 0 Å². The molecule has 12 heteroatoms. The lowest BCUT2D eigenvalue weighted by Crippen LogP contribution is -2.45. The molecule has 3 aromatic heterocycles. The molecule has 194 valence electrons. The molecule has 0 spiro atoms. The largest absolute Gasteiger partial charge is 0.375 e. The van der Waals surface area contributed by atoms with Crippen LogP contribution >= 0.6 is 0 Å². The highest BCUT2D eigenvalue weighted by Crippen LogP contribution is 2.42. The quantitative estimate of drug-likeness (QED) is 0.523. The first-order chi connectivity index (χ1) is 17.2. The topological polar surface area (TPSA) is 101 Å². The molecule has 3 aromatic rings. The molecule has 0 radical (unpaired) electrons. The van der Waals surface area contributed by atoms with Crippen molar-refractivity contribution in [1.29, 1.82) is 0 Å². The van der Waals surface area contributed by atoms with E-state index in [1.54, 1.807) is 4.52 Å². The molecule has 5 rings (SSSR count). The zero-order chi connectivity index (χ0) is 25.4. The van der Waals surface area contributed by atoms with E-state index in [0.29, 0.717) is 47.8 Å². The number of imidazole rings is 1. The maximum Gasteiger partial charge on any atom is 0.252 e. The Balaban J connectivity index is 1.46. The van der Waals surface area contributed by atoms with Gasteiger partial charge in [0, 0.05) is 39.0 Å². The number of halogens is 2. The molecule has 10 nitrogen and oxygen atoms in total. The van der Waals surface area contributed by atoms with Gasteiger partial charge in [-0.3, -0.25) is 0 Å². The van der Waals surface area contributed by atoms with Gasteiger partial charge in [-0.2, -0.15) is 10.1 Å². The molecule has 1 aliphatic carbocycles. The molecule has 0 bridgehead atoms. The van der Waals surface area contributed by atoms with Gasteiger partial charge in [0.25, 0.3) is 5.78 Å². The Labute approximate surface area is 208 Å². The summed E-state index contributed by atoms with van der Waals surface area (Å²) in [6.07, 6.45) is 2.92. The Morgan fingerprint density at radius 2 is 1.92 bits per heavy atom. The SMILES string of the molecule is C=C(NC(c1cn2nc(C)c(N3CCN(C)CC3)nc2n1)C1CCC(F)(F)CC1)c1nonc1CC. The first-order valence-electron chi connectivity index (χ1n) is 12.6. The van der Waals surface area contributed by atoms with E-state index in [0.717, 1.165) is 37.7 Å². The summed E-state index contributed by atoms with van der Waals surface area (Å²) >= 11 is 0. The second-order valence-electron chi connectivity index (χ2n) is 9.93. The van der Waals surface area contributed by atoms with Crippen LogP contribution in [0.4, 0.5) is 14.6 Å². The predicted octanol–water partition coefficient (Wildman–Crippen LogP) is 3.26. The van der Waals surface area contributed by atoms with Gasteiger partial charge in [-0.05, 0) is 44.3 Å². The van der Waals surface area contributed by atoms with Gasteiger partial charge in [0.05, 0.1) is 23.6 Å². The third-order valence-electron chi connectivity index (χ3n) is 7.34. The van der Waals surface area contributed by atoms with Crippen LogP contribution in [0.2, 0.25) is 0 Å². The van der Waals surface area contributed by atoms with Crippen molar-refractivity contribution in [2.24, 2.45) is 5.92 Å². The van der Waals surface area contributed by atoms with Gasteiger partial charge < -0.3 is 15.1 Å². The predicted molar refractivity (Wildman–Crippen MR) is 131 cm³/mol. The fourth-order valence-electron chi connectivity index (χ4n) is 5.13. The van der Waals surface area contributed by atoms with E-state index >= 15 is 0 Å². The van der Waals surface area contributed by atoms with Crippen LogP contribution in [-0.2, 0) is 6.42 Å². The van der Waals surface area contributed by atoms with Crippen LogP contribution in [0.3, 0.4) is 0 Å². The van der Waals surface area contributed by atoms with Crippen LogP contribution < -0.4 is 10.2 Å². The van der Waals surface area contributed by atoms with Gasteiger partial charge in [0.15, 0.2) is 11.5 Å². The Bertz CT molecular complexity index is 1220. The van der Waals surface area contributed by atoms with Crippen LogP contribution in [0.1, 0.15) is 61.4 Å². The van der Waals surface area contributed by atoms with Crippen molar-refractivity contribution in [2.75, 3.05) is 38.1 Å². The molecule has 1 saturated carbocycles. The van der Waals surface area contributed by atoms with Gasteiger partial charge in [-0.1, -0.05) is 18.7 Å². The third-order valence-corrected chi connectivity index (χ3v) is 7.34. The summed E-state index contributed by atoms with van der Waals surface area (Å²) in [5.41, 5.74) is 3.27. The van der Waals surface area contributed by atoms with Crippen LogP contribution in [-0.4, -0.2) is 73.9 Å². The number of nitrogens with one attached hydrogen (secondary N) is 1. The number of piperazine rings is 1. The molecule has 1 saturated heterocycles. The monoisotopic (exact) mass is 501 g/mol. The van der Waals surface area contributed by atoms with Crippen molar-refractivity contribution in [3.05, 3.63) is 35.6 Å². The lowest BCUT2D eigenvalue weighted by Gasteiger charge is -2.34. The zero-order valence-electron chi connectivity index (χ0n) is 21.0. The minimum Gasteiger partial charge on any atom is -0.375 e. The van der Waals surface area contributed by atoms with Crippen molar-refractivity contribution >= 4 is 17.3 Å². The molecule has 2 aliphatic rings. The average Bonchev–Trinajstić information content (AvgIpc) is 3.49. The van der Waals surface area contributed by atoms with Crippen LogP contribution in [0.5, 0.6) is 0 Å². The van der Waals surface area contributed by atoms with E-state index in [4.69, 9.17) is 19.7 Å². The number of aryl methyl sites for hydroxylation is 2. The summed E-state index contributed by atoms with van der Waals surface area (Å²) in [6.45, 7) is 11.7. The Kier molecular flexibility index (Phi) is 6.62. The molecular weight excluding hydrogens is 468 g/mol. The number of aromatic nitrogens is 6. The number of alkyl halides is 2. The Morgan fingerprint density at radius 1 is 1.19 bits per heavy atom. The van der Waals surface area contributed by atoms with E-state index in [1.165, 1.54) is 0 Å². The van der Waals surface area contributed by atoms with E-state index in [9.17, 15) is 8.78 Å². The van der Waals surface area contributed by atoms with E-state index < -0.39 is 5.92 Å². The van der Waals surface area contributed by atoms with Gasteiger partial charge in [0.1, 0.15) is 11.4 Å². The fourth-order valence-corrected chi connectivity index (χ4v) is 5.13. The molecule has 1 unspecified atom stereocenters. The zero-order valence-corrected chi connectivity index (χ0v) is 21.0. The molecule has 0 aromatic carbocycles. The number of likely N-dealkylation sites (N-methyl/N-ethyl adjacent to an activating group) is 1. The summed E-state index contributed by atoms with van der Waals surface area (Å²) in [5, 5.41) is 16.1. The number of hydrogen-bond acceptors (Lipinski definition) is 9. The second kappa shape index (κ2) is 9.72. The highest BCUT2D eigenvalue weighted by Gasteiger charge is 2.39. The summed E-state index contributed by atoms with van der Waals surface area (Å²) in [6, 6.07) is -0.356. The smallest absolute Gasteiger partial charge is 0.252 e. The Hall–Kier alpha value is -3.15. The molecule has 36 heavy (non-hydrogen) atoms. The van der Waals surface area contributed by atoms with E-state index in [1.807, 2.05) is 20.0 Å². The number of nitrogens with zero attached hydrogens (tertiary/aromatic N) is 8. The molecule has 0 amide bonds. The number of fused-ring (bicyclic) bond motifs is 1. The molecular formula is C24H33F2N9O. The van der Waals surface area contributed by atoms with Crippen molar-refractivity contribution in [1.82, 2.24) is 40.1 Å². The van der Waals surface area contributed by atoms with Gasteiger partial charge in [0.2, 0.25) is 5.92 Å². The molecule has 2 fully saturated rings. The second-order valence-corrected chi connectivity index (χ2v) is 9.93. The van der Waals surface area contributed by atoms with Gasteiger partial charge in [-0.25, -0.2) is 22.9 Å². The van der Waals surface area contributed by atoms with Gasteiger partial charge in [-0.15, -0.1) is 0 Å². The summed E-state index contributed by atoms with van der Waals surface area (Å²) in [7, 11) is 2.11. The fraction of sp³-hybridized carbons (Fsp3) is 0.625. The molecule has 4 heterocycles. The highest BCUT2D eigenvalue weighted by atomic mass is 19.3. The maximum atomic E-state index is 14.0. The van der Waals surface area contributed by atoms with Gasteiger partial charge >= 0.3 is 0 Å². The number of rotatable bonds is 7. The van der Waals surface area contributed by atoms with Crippen LogP contribution in [0, 0.1) is 12.8 Å². The first-order valence-corrected chi connectivity index (χ1v) is 12.6. The average molecular weight is 502 g/mol. The van der Waals surface area contributed by atoms with Crippen molar-refractivity contribution in [2.45, 2.75) is 57.9 Å². The minimum absolute atomic E-state index is 0.0607. The van der Waals surface area contributed by atoms with E-state index in [2.05, 4.69) is 39.1 Å². The maximum absolute atomic E-state index is 14.0. The standard InChI is InChI=1S/C24H33F2N9O/c1-5-18-20(32-36-31-18)15(2)27-21(17-6-8-24(25,26)9-7-17)19-14-35-23(28-19)29-22(16(3)30-35)34-12-10-33(4)11-13-34/h14,17,21,27H,2,5-13H2,1,3-4H3.